The monoisotopic (exact) mass is 372 g/mol. The fraction of sp³-hybridized carbons (Fsp3) is 0.182. The summed E-state index contributed by atoms with van der Waals surface area (Å²) in [6.07, 6.45) is 4.70. The summed E-state index contributed by atoms with van der Waals surface area (Å²) in [5.74, 6) is 0.493. The molecule has 28 heavy (non-hydrogen) atoms. The summed E-state index contributed by atoms with van der Waals surface area (Å²) in [6.45, 7) is 1.89. The quantitative estimate of drug-likeness (QED) is 0.555. The van der Waals surface area contributed by atoms with E-state index in [1.54, 1.807) is 30.5 Å². The Morgan fingerprint density at radius 2 is 1.96 bits per heavy atom. The zero-order valence-electron chi connectivity index (χ0n) is 15.5. The van der Waals surface area contributed by atoms with Gasteiger partial charge in [0.1, 0.15) is 11.8 Å². The van der Waals surface area contributed by atoms with E-state index in [9.17, 15) is 4.79 Å². The Morgan fingerprint density at radius 3 is 2.75 bits per heavy atom. The van der Waals surface area contributed by atoms with E-state index in [-0.39, 0.29) is 11.9 Å². The minimum absolute atomic E-state index is 0.179. The van der Waals surface area contributed by atoms with Crippen LogP contribution in [0.15, 0.2) is 71.5 Å². The average molecular weight is 372 g/mol. The molecule has 0 fully saturated rings. The Kier molecular flexibility index (Phi) is 5.10. The number of fused-ring (bicyclic) bond motifs is 1. The molecule has 1 atom stereocenters. The number of nitrogens with one attached hydrogen (secondary N) is 1. The van der Waals surface area contributed by atoms with Crippen molar-refractivity contribution >= 4 is 17.0 Å². The first-order chi connectivity index (χ1) is 13.7. The van der Waals surface area contributed by atoms with Crippen LogP contribution >= 0.6 is 0 Å². The summed E-state index contributed by atoms with van der Waals surface area (Å²) in [5.41, 5.74) is 3.91. The molecule has 140 valence electrons. The molecule has 6 heteroatoms. The van der Waals surface area contributed by atoms with Crippen LogP contribution in [0.3, 0.4) is 0 Å². The van der Waals surface area contributed by atoms with Crippen molar-refractivity contribution in [2.24, 2.45) is 0 Å². The number of hydrogen-bond donors (Lipinski definition) is 1. The maximum absolute atomic E-state index is 12.6. The Balaban J connectivity index is 1.46. The van der Waals surface area contributed by atoms with Gasteiger partial charge in [0.2, 0.25) is 0 Å². The highest BCUT2D eigenvalue weighted by atomic mass is 16.3. The van der Waals surface area contributed by atoms with Crippen molar-refractivity contribution in [3.05, 3.63) is 89.8 Å². The number of carbonyl (C=O) groups excluding carboxylic acids is 1. The van der Waals surface area contributed by atoms with Gasteiger partial charge < -0.3 is 9.73 Å². The predicted octanol–water partition coefficient (Wildman–Crippen LogP) is 3.89. The Hall–Kier alpha value is -3.54. The minimum atomic E-state index is -0.218. The Labute approximate surface area is 162 Å². The molecule has 0 aliphatic carbocycles. The third-order valence-electron chi connectivity index (χ3n) is 4.56. The number of nitrogens with zero attached hydrogens (tertiary/aromatic N) is 3. The predicted molar refractivity (Wildman–Crippen MR) is 106 cm³/mol. The van der Waals surface area contributed by atoms with E-state index in [0.29, 0.717) is 29.0 Å². The molecule has 0 unspecified atom stereocenters. The van der Waals surface area contributed by atoms with Gasteiger partial charge in [-0.15, -0.1) is 0 Å². The smallest absolute Gasteiger partial charge is 0.251 e. The number of rotatable bonds is 6. The lowest BCUT2D eigenvalue weighted by molar-refractivity contribution is 0.0939. The van der Waals surface area contributed by atoms with Crippen LogP contribution in [0.2, 0.25) is 0 Å². The summed E-state index contributed by atoms with van der Waals surface area (Å²) < 4.78 is 5.82. The molecular formula is C22H20N4O2. The van der Waals surface area contributed by atoms with E-state index in [4.69, 9.17) is 4.42 Å². The normalized spacial score (nSPS) is 12.0. The maximum Gasteiger partial charge on any atom is 0.251 e. The van der Waals surface area contributed by atoms with Gasteiger partial charge in [-0.2, -0.15) is 0 Å². The van der Waals surface area contributed by atoms with Crippen molar-refractivity contribution in [2.45, 2.75) is 25.8 Å². The van der Waals surface area contributed by atoms with E-state index in [1.807, 2.05) is 25.1 Å². The topological polar surface area (TPSA) is 80.9 Å². The van der Waals surface area contributed by atoms with Gasteiger partial charge in [-0.1, -0.05) is 30.3 Å². The van der Waals surface area contributed by atoms with E-state index >= 15 is 0 Å². The number of hydrogen-bond acceptors (Lipinski definition) is 5. The third-order valence-corrected chi connectivity index (χ3v) is 4.56. The molecule has 6 nitrogen and oxygen atoms in total. The summed E-state index contributed by atoms with van der Waals surface area (Å²) in [6, 6.07) is 17.1. The van der Waals surface area contributed by atoms with Crippen molar-refractivity contribution in [3.63, 3.8) is 0 Å². The fourth-order valence-corrected chi connectivity index (χ4v) is 3.03. The highest BCUT2D eigenvalue weighted by Gasteiger charge is 2.14. The maximum atomic E-state index is 12.6. The van der Waals surface area contributed by atoms with Crippen LogP contribution in [-0.4, -0.2) is 20.9 Å². The van der Waals surface area contributed by atoms with Crippen LogP contribution in [0.1, 0.15) is 40.5 Å². The average Bonchev–Trinajstić information content (AvgIpc) is 3.15. The largest absolute Gasteiger partial charge is 0.441 e. The standard InChI is InChI=1S/C22H20N4O2/c1-15(18-11-12-23-14-24-18)25-22(27)17-8-9-20-19(13-17)26-21(28-20)10-7-16-5-3-2-4-6-16/h2-6,8-9,11-15H,7,10H2,1H3,(H,25,27)/t15-/m1/s1. The molecule has 1 N–H and O–H groups in total. The van der Waals surface area contributed by atoms with E-state index < -0.39 is 0 Å². The second-order valence-corrected chi connectivity index (χ2v) is 6.61. The number of benzene rings is 2. The molecule has 0 spiro atoms. The molecule has 0 aliphatic heterocycles. The van der Waals surface area contributed by atoms with Crippen molar-refractivity contribution in [3.8, 4) is 0 Å². The zero-order valence-corrected chi connectivity index (χ0v) is 15.5. The van der Waals surface area contributed by atoms with Crippen LogP contribution in [0.4, 0.5) is 0 Å². The highest BCUT2D eigenvalue weighted by Crippen LogP contribution is 2.19. The number of aromatic nitrogens is 3. The van der Waals surface area contributed by atoms with Gasteiger partial charge in [-0.05, 0) is 43.2 Å². The molecule has 0 radical (unpaired) electrons. The molecule has 1 amide bonds. The lowest BCUT2D eigenvalue weighted by Gasteiger charge is -2.12. The van der Waals surface area contributed by atoms with Gasteiger partial charge in [0.25, 0.3) is 5.91 Å². The van der Waals surface area contributed by atoms with Crippen molar-refractivity contribution in [1.82, 2.24) is 20.3 Å². The summed E-state index contributed by atoms with van der Waals surface area (Å²) in [4.78, 5) is 25.2. The fourth-order valence-electron chi connectivity index (χ4n) is 3.03. The first-order valence-corrected chi connectivity index (χ1v) is 9.19. The molecule has 4 rings (SSSR count). The van der Waals surface area contributed by atoms with Gasteiger partial charge in [0.05, 0.1) is 11.7 Å². The van der Waals surface area contributed by atoms with E-state index in [2.05, 4.69) is 32.4 Å². The minimum Gasteiger partial charge on any atom is -0.441 e. The van der Waals surface area contributed by atoms with E-state index in [0.717, 1.165) is 12.1 Å². The second-order valence-electron chi connectivity index (χ2n) is 6.61. The van der Waals surface area contributed by atoms with Crippen LogP contribution in [0, 0.1) is 0 Å². The molecule has 2 heterocycles. The first kappa shape index (κ1) is 17.9. The summed E-state index contributed by atoms with van der Waals surface area (Å²) in [7, 11) is 0. The highest BCUT2D eigenvalue weighted by molar-refractivity contribution is 5.97. The van der Waals surface area contributed by atoms with Gasteiger partial charge in [0, 0.05) is 18.2 Å². The first-order valence-electron chi connectivity index (χ1n) is 9.19. The summed E-state index contributed by atoms with van der Waals surface area (Å²) >= 11 is 0. The lowest BCUT2D eigenvalue weighted by Crippen LogP contribution is -2.27. The van der Waals surface area contributed by atoms with Crippen molar-refractivity contribution < 1.29 is 9.21 Å². The van der Waals surface area contributed by atoms with Gasteiger partial charge in [-0.3, -0.25) is 4.79 Å². The van der Waals surface area contributed by atoms with Crippen LogP contribution < -0.4 is 5.32 Å². The molecule has 2 aromatic carbocycles. The lowest BCUT2D eigenvalue weighted by atomic mass is 10.1. The molecule has 0 saturated carbocycles. The van der Waals surface area contributed by atoms with Crippen LogP contribution in [0.5, 0.6) is 0 Å². The van der Waals surface area contributed by atoms with Gasteiger partial charge in [0.15, 0.2) is 11.5 Å². The Morgan fingerprint density at radius 1 is 1.11 bits per heavy atom. The van der Waals surface area contributed by atoms with Gasteiger partial charge in [-0.25, -0.2) is 15.0 Å². The second kappa shape index (κ2) is 8.00. The molecule has 4 aromatic rings. The third kappa shape index (κ3) is 4.06. The van der Waals surface area contributed by atoms with E-state index in [1.165, 1.54) is 11.9 Å². The molecule has 2 aromatic heterocycles. The van der Waals surface area contributed by atoms with Crippen molar-refractivity contribution in [1.29, 1.82) is 0 Å². The molecule has 0 saturated heterocycles. The molecule has 0 aliphatic rings. The van der Waals surface area contributed by atoms with Gasteiger partial charge >= 0.3 is 0 Å². The molecule has 0 bridgehead atoms. The SMILES string of the molecule is C[C@@H](NC(=O)c1ccc2oc(CCc3ccccc3)nc2c1)c1ccncn1. The number of amides is 1. The number of carbonyl (C=O) groups is 1. The van der Waals surface area contributed by atoms with Crippen LogP contribution in [-0.2, 0) is 12.8 Å². The number of oxazole rings is 1. The van der Waals surface area contributed by atoms with Crippen LogP contribution in [0.25, 0.3) is 11.1 Å². The molecular weight excluding hydrogens is 352 g/mol. The Bertz CT molecular complexity index is 1080. The zero-order chi connectivity index (χ0) is 19.3. The number of aryl methyl sites for hydroxylation is 2. The summed E-state index contributed by atoms with van der Waals surface area (Å²) in [5, 5.41) is 2.94. The van der Waals surface area contributed by atoms with Crippen molar-refractivity contribution in [2.75, 3.05) is 0 Å².